The van der Waals surface area contributed by atoms with E-state index in [0.29, 0.717) is 19.6 Å². The first-order valence-corrected chi connectivity index (χ1v) is 7.60. The summed E-state index contributed by atoms with van der Waals surface area (Å²) in [5.74, 6) is -0.972. The van der Waals surface area contributed by atoms with E-state index in [1.54, 1.807) is 0 Å². The molecular formula is C11H18ClNO6S. The third-order valence-corrected chi connectivity index (χ3v) is 4.25. The van der Waals surface area contributed by atoms with Crippen molar-refractivity contribution in [2.24, 2.45) is 0 Å². The lowest BCUT2D eigenvalue weighted by Crippen LogP contribution is -2.41. The van der Waals surface area contributed by atoms with Crippen molar-refractivity contribution < 1.29 is 27.5 Å². The molecule has 0 N–H and O–H groups in total. The van der Waals surface area contributed by atoms with Crippen molar-refractivity contribution in [1.29, 1.82) is 0 Å². The molecule has 0 saturated carbocycles. The number of methoxy groups -OCH3 is 1. The first-order chi connectivity index (χ1) is 8.93. The zero-order chi connectivity index (χ0) is 14.3. The number of hydrogen-bond donors (Lipinski definition) is 0. The minimum atomic E-state index is -2.89. The Morgan fingerprint density at radius 3 is 2.25 bits per heavy atom. The number of ether oxygens (including phenoxy) is 2. The van der Waals surface area contributed by atoms with E-state index in [0.717, 1.165) is 12.2 Å². The molecule has 9 heteroatoms. The molecule has 116 valence electrons. The highest BCUT2D eigenvalue weighted by atomic mass is 35.5. The van der Waals surface area contributed by atoms with Crippen LogP contribution in [0.3, 0.4) is 0 Å². The third kappa shape index (κ3) is 7.46. The summed E-state index contributed by atoms with van der Waals surface area (Å²) in [6.45, 7) is 1.55. The molecule has 0 aromatic rings. The maximum atomic E-state index is 11.2. The lowest BCUT2D eigenvalue weighted by atomic mass is 10.4. The Balaban J connectivity index is 0.00000361. The number of carbonyl (C=O) groups excluding carboxylic acids is 2. The predicted molar refractivity (Wildman–Crippen MR) is 74.5 cm³/mol. The molecule has 0 amide bonds. The van der Waals surface area contributed by atoms with Gasteiger partial charge in [0.1, 0.15) is 6.61 Å². The summed E-state index contributed by atoms with van der Waals surface area (Å²) in [7, 11) is -1.68. The van der Waals surface area contributed by atoms with Crippen molar-refractivity contribution in [3.8, 4) is 0 Å². The Morgan fingerprint density at radius 1 is 1.15 bits per heavy atom. The predicted octanol–water partition coefficient (Wildman–Crippen LogP) is -0.589. The molecule has 0 spiro atoms. The maximum Gasteiger partial charge on any atom is 0.331 e. The number of sulfone groups is 1. The Kier molecular flexibility index (Phi) is 8.43. The monoisotopic (exact) mass is 327 g/mol. The van der Waals surface area contributed by atoms with Crippen LogP contribution >= 0.6 is 12.4 Å². The molecule has 0 atom stereocenters. The standard InChI is InChI=1S/C11H17NO6S.ClH/c1-17-10(13)2-3-11(14)18-7-4-12-5-8-19(15,16)9-6-12;/h2-3H,4-9H2,1H3;1H/b3-2+;. The van der Waals surface area contributed by atoms with Gasteiger partial charge in [-0.05, 0) is 0 Å². The molecule has 1 rings (SSSR count). The van der Waals surface area contributed by atoms with Crippen LogP contribution in [0.5, 0.6) is 0 Å². The average molecular weight is 328 g/mol. The molecule has 1 saturated heterocycles. The fourth-order valence-corrected chi connectivity index (χ4v) is 2.78. The van der Waals surface area contributed by atoms with Crippen LogP contribution < -0.4 is 0 Å². The van der Waals surface area contributed by atoms with Crippen LogP contribution in [0.2, 0.25) is 0 Å². The number of carbonyl (C=O) groups is 2. The fraction of sp³-hybridized carbons (Fsp3) is 0.636. The SMILES string of the molecule is COC(=O)/C=C/C(=O)OCCN1CCS(=O)(=O)CC1.Cl. The molecule has 0 unspecified atom stereocenters. The van der Waals surface area contributed by atoms with Gasteiger partial charge in [-0.1, -0.05) is 0 Å². The summed E-state index contributed by atoms with van der Waals surface area (Å²) in [6, 6.07) is 0. The summed E-state index contributed by atoms with van der Waals surface area (Å²) in [4.78, 5) is 23.8. The van der Waals surface area contributed by atoms with Crippen molar-refractivity contribution in [3.05, 3.63) is 12.2 Å². The van der Waals surface area contributed by atoms with Crippen LogP contribution in [0.25, 0.3) is 0 Å². The lowest BCUT2D eigenvalue weighted by Gasteiger charge is -2.25. The van der Waals surface area contributed by atoms with E-state index in [1.807, 2.05) is 4.90 Å². The van der Waals surface area contributed by atoms with E-state index in [-0.39, 0.29) is 30.5 Å². The van der Waals surface area contributed by atoms with Crippen molar-refractivity contribution >= 4 is 34.2 Å². The molecule has 0 bridgehead atoms. The smallest absolute Gasteiger partial charge is 0.331 e. The molecule has 1 aliphatic rings. The first-order valence-electron chi connectivity index (χ1n) is 5.78. The summed E-state index contributed by atoms with van der Waals surface area (Å²) in [5, 5.41) is 0. The minimum absolute atomic E-state index is 0. The van der Waals surface area contributed by atoms with Gasteiger partial charge in [0.2, 0.25) is 0 Å². The molecule has 7 nitrogen and oxygen atoms in total. The fourth-order valence-electron chi connectivity index (χ4n) is 1.50. The zero-order valence-electron chi connectivity index (χ0n) is 11.1. The first kappa shape index (κ1) is 18.9. The van der Waals surface area contributed by atoms with Crippen LogP contribution in [0.4, 0.5) is 0 Å². The van der Waals surface area contributed by atoms with Gasteiger partial charge in [-0.3, -0.25) is 4.90 Å². The molecule has 1 heterocycles. The molecule has 1 fully saturated rings. The number of rotatable bonds is 5. The number of esters is 2. The average Bonchev–Trinajstić information content (AvgIpc) is 2.38. The zero-order valence-corrected chi connectivity index (χ0v) is 12.7. The van der Waals surface area contributed by atoms with Crippen LogP contribution in [-0.2, 0) is 28.9 Å². The minimum Gasteiger partial charge on any atom is -0.466 e. The highest BCUT2D eigenvalue weighted by Crippen LogP contribution is 2.03. The van der Waals surface area contributed by atoms with Crippen LogP contribution in [0.1, 0.15) is 0 Å². The number of hydrogen-bond acceptors (Lipinski definition) is 7. The summed E-state index contributed by atoms with van der Waals surface area (Å²) < 4.78 is 31.6. The molecular weight excluding hydrogens is 310 g/mol. The lowest BCUT2D eigenvalue weighted by molar-refractivity contribution is -0.139. The second kappa shape index (κ2) is 8.93. The number of nitrogens with zero attached hydrogens (tertiary/aromatic N) is 1. The Morgan fingerprint density at radius 2 is 1.70 bits per heavy atom. The van der Waals surface area contributed by atoms with E-state index in [9.17, 15) is 18.0 Å². The van der Waals surface area contributed by atoms with Crippen LogP contribution in [0, 0.1) is 0 Å². The van der Waals surface area contributed by atoms with E-state index in [2.05, 4.69) is 4.74 Å². The summed E-state index contributed by atoms with van der Waals surface area (Å²) in [6.07, 6.45) is 1.97. The molecule has 0 aromatic heterocycles. The van der Waals surface area contributed by atoms with E-state index in [4.69, 9.17) is 4.74 Å². The summed E-state index contributed by atoms with van der Waals surface area (Å²) >= 11 is 0. The van der Waals surface area contributed by atoms with E-state index in [1.165, 1.54) is 7.11 Å². The topological polar surface area (TPSA) is 90.0 Å². The normalized spacial score (nSPS) is 18.2. The van der Waals surface area contributed by atoms with E-state index >= 15 is 0 Å². The molecule has 1 aliphatic heterocycles. The van der Waals surface area contributed by atoms with Crippen molar-refractivity contribution in [1.82, 2.24) is 4.90 Å². The quantitative estimate of drug-likeness (QED) is 0.492. The Labute approximate surface area is 124 Å². The maximum absolute atomic E-state index is 11.2. The molecule has 20 heavy (non-hydrogen) atoms. The molecule has 0 radical (unpaired) electrons. The second-order valence-electron chi connectivity index (χ2n) is 4.02. The Bertz CT molecular complexity index is 448. The van der Waals surface area contributed by atoms with Crippen molar-refractivity contribution in [3.63, 3.8) is 0 Å². The van der Waals surface area contributed by atoms with Gasteiger partial charge in [-0.2, -0.15) is 0 Å². The van der Waals surface area contributed by atoms with Gasteiger partial charge in [0.25, 0.3) is 0 Å². The molecule has 0 aromatic carbocycles. The van der Waals surface area contributed by atoms with Crippen LogP contribution in [-0.4, -0.2) is 70.1 Å². The largest absolute Gasteiger partial charge is 0.466 e. The van der Waals surface area contributed by atoms with Gasteiger partial charge < -0.3 is 9.47 Å². The van der Waals surface area contributed by atoms with Gasteiger partial charge >= 0.3 is 11.9 Å². The second-order valence-corrected chi connectivity index (χ2v) is 6.32. The van der Waals surface area contributed by atoms with Crippen LogP contribution in [0.15, 0.2) is 12.2 Å². The van der Waals surface area contributed by atoms with Crippen molar-refractivity contribution in [2.45, 2.75) is 0 Å². The third-order valence-electron chi connectivity index (χ3n) is 2.65. The van der Waals surface area contributed by atoms with Gasteiger partial charge in [0.15, 0.2) is 9.84 Å². The Hall–Kier alpha value is -1.12. The van der Waals surface area contributed by atoms with E-state index < -0.39 is 21.8 Å². The number of halogens is 1. The van der Waals surface area contributed by atoms with Crippen molar-refractivity contribution in [2.75, 3.05) is 44.9 Å². The highest BCUT2D eigenvalue weighted by molar-refractivity contribution is 7.91. The van der Waals surface area contributed by atoms with Gasteiger partial charge in [-0.15, -0.1) is 12.4 Å². The highest BCUT2D eigenvalue weighted by Gasteiger charge is 2.21. The summed E-state index contributed by atoms with van der Waals surface area (Å²) in [5.41, 5.74) is 0. The molecule has 0 aliphatic carbocycles. The van der Waals surface area contributed by atoms with Gasteiger partial charge in [-0.25, -0.2) is 18.0 Å². The van der Waals surface area contributed by atoms with Gasteiger partial charge in [0.05, 0.1) is 18.6 Å². The van der Waals surface area contributed by atoms with Gasteiger partial charge in [0, 0.05) is 31.8 Å².